The van der Waals surface area contributed by atoms with Crippen molar-refractivity contribution in [1.82, 2.24) is 9.80 Å². The standard InChI is InChI=1S/C27H34FN3O/c1-3-21(22-6-7-23(17-29)20(2)15-22)5-4-12-30-18-26-16-25(30)19-31(26)13-14-32-27-10-8-24(28)9-11-27/h6-11,15,21,25-26H,3-5,12-14,16,18-19H2,1-2H3. The Morgan fingerprint density at radius 1 is 1.09 bits per heavy atom. The number of nitrogens with zero attached hydrogens (tertiary/aromatic N) is 3. The van der Waals surface area contributed by atoms with Gasteiger partial charge in [0, 0.05) is 31.7 Å². The monoisotopic (exact) mass is 435 g/mol. The van der Waals surface area contributed by atoms with Crippen LogP contribution in [0.2, 0.25) is 0 Å². The van der Waals surface area contributed by atoms with Crippen LogP contribution in [0.1, 0.15) is 55.2 Å². The molecular formula is C27H34FN3O. The summed E-state index contributed by atoms with van der Waals surface area (Å²) in [6.45, 7) is 9.35. The lowest BCUT2D eigenvalue weighted by atomic mass is 9.90. The number of ether oxygens (including phenoxy) is 1. The summed E-state index contributed by atoms with van der Waals surface area (Å²) < 4.78 is 18.8. The van der Waals surface area contributed by atoms with Crippen molar-refractivity contribution in [3.8, 4) is 11.8 Å². The fraction of sp³-hybridized carbons (Fsp3) is 0.519. The first-order chi connectivity index (χ1) is 15.6. The number of fused-ring (bicyclic) bond motifs is 2. The van der Waals surface area contributed by atoms with Crippen LogP contribution in [-0.2, 0) is 0 Å². The Morgan fingerprint density at radius 2 is 1.81 bits per heavy atom. The molecule has 2 heterocycles. The van der Waals surface area contributed by atoms with Crippen molar-refractivity contribution < 1.29 is 9.13 Å². The molecule has 3 atom stereocenters. The van der Waals surface area contributed by atoms with Crippen molar-refractivity contribution in [3.05, 3.63) is 65.0 Å². The number of piperazine rings is 1. The third-order valence-corrected chi connectivity index (χ3v) is 7.26. The molecule has 0 aromatic heterocycles. The van der Waals surface area contributed by atoms with E-state index in [-0.39, 0.29) is 5.82 Å². The van der Waals surface area contributed by atoms with Gasteiger partial charge in [-0.05, 0) is 86.5 Å². The van der Waals surface area contributed by atoms with Gasteiger partial charge < -0.3 is 4.74 Å². The molecule has 0 aliphatic carbocycles. The SMILES string of the molecule is CCC(CCCN1CC2CC1CN2CCOc1ccc(F)cc1)c1ccc(C#N)c(C)c1. The van der Waals surface area contributed by atoms with Crippen LogP contribution in [0.3, 0.4) is 0 Å². The van der Waals surface area contributed by atoms with E-state index in [4.69, 9.17) is 10.00 Å². The Balaban J connectivity index is 1.18. The molecule has 3 unspecified atom stereocenters. The molecule has 4 nitrogen and oxygen atoms in total. The van der Waals surface area contributed by atoms with Crippen molar-refractivity contribution in [2.24, 2.45) is 0 Å². The van der Waals surface area contributed by atoms with Gasteiger partial charge >= 0.3 is 0 Å². The van der Waals surface area contributed by atoms with Gasteiger partial charge in [-0.15, -0.1) is 0 Å². The third-order valence-electron chi connectivity index (χ3n) is 7.26. The summed E-state index contributed by atoms with van der Waals surface area (Å²) in [5, 5.41) is 9.17. The van der Waals surface area contributed by atoms with Gasteiger partial charge in [-0.2, -0.15) is 5.26 Å². The van der Waals surface area contributed by atoms with E-state index in [1.165, 1.54) is 43.5 Å². The van der Waals surface area contributed by atoms with E-state index >= 15 is 0 Å². The van der Waals surface area contributed by atoms with Crippen molar-refractivity contribution in [3.63, 3.8) is 0 Å². The second-order valence-corrected chi connectivity index (χ2v) is 9.27. The van der Waals surface area contributed by atoms with Gasteiger partial charge in [0.1, 0.15) is 18.2 Å². The van der Waals surface area contributed by atoms with Gasteiger partial charge in [0.25, 0.3) is 0 Å². The van der Waals surface area contributed by atoms with Crippen molar-refractivity contribution >= 4 is 0 Å². The Labute approximate surface area is 191 Å². The molecule has 0 amide bonds. The number of nitriles is 1. The fourth-order valence-corrected chi connectivity index (χ4v) is 5.40. The number of halogens is 1. The Bertz CT molecular complexity index is 939. The summed E-state index contributed by atoms with van der Waals surface area (Å²) in [5.41, 5.74) is 3.24. The molecule has 0 radical (unpaired) electrons. The molecule has 2 aliphatic rings. The highest BCUT2D eigenvalue weighted by Crippen LogP contribution is 2.32. The van der Waals surface area contributed by atoms with Crippen LogP contribution in [0.15, 0.2) is 42.5 Å². The Hall–Kier alpha value is -2.42. The van der Waals surface area contributed by atoms with E-state index in [0.29, 0.717) is 24.6 Å². The van der Waals surface area contributed by atoms with E-state index in [0.717, 1.165) is 42.9 Å². The fourth-order valence-electron chi connectivity index (χ4n) is 5.40. The number of benzene rings is 2. The number of likely N-dealkylation sites (tertiary alicyclic amines) is 2. The van der Waals surface area contributed by atoms with Crippen LogP contribution in [0.5, 0.6) is 5.75 Å². The highest BCUT2D eigenvalue weighted by molar-refractivity contribution is 5.40. The predicted octanol–water partition coefficient (Wildman–Crippen LogP) is 5.12. The highest BCUT2D eigenvalue weighted by atomic mass is 19.1. The summed E-state index contributed by atoms with van der Waals surface area (Å²) in [4.78, 5) is 5.23. The maximum absolute atomic E-state index is 13.0. The van der Waals surface area contributed by atoms with Crippen molar-refractivity contribution in [2.45, 2.75) is 57.5 Å². The second-order valence-electron chi connectivity index (χ2n) is 9.27. The summed E-state index contributed by atoms with van der Waals surface area (Å²) in [5.74, 6) is 1.08. The lowest BCUT2D eigenvalue weighted by Crippen LogP contribution is -2.47. The van der Waals surface area contributed by atoms with Crippen molar-refractivity contribution in [2.75, 3.05) is 32.8 Å². The highest BCUT2D eigenvalue weighted by Gasteiger charge is 2.42. The normalized spacial score (nSPS) is 21.6. The quantitative estimate of drug-likeness (QED) is 0.519. The van der Waals surface area contributed by atoms with Crippen LogP contribution < -0.4 is 4.74 Å². The van der Waals surface area contributed by atoms with Crippen LogP contribution in [-0.4, -0.2) is 54.7 Å². The van der Waals surface area contributed by atoms with Gasteiger partial charge in [-0.25, -0.2) is 4.39 Å². The van der Waals surface area contributed by atoms with E-state index in [1.807, 2.05) is 13.0 Å². The first-order valence-electron chi connectivity index (χ1n) is 11.9. The van der Waals surface area contributed by atoms with Crippen LogP contribution in [0.4, 0.5) is 4.39 Å². The van der Waals surface area contributed by atoms with Crippen LogP contribution in [0.25, 0.3) is 0 Å². The van der Waals surface area contributed by atoms with E-state index < -0.39 is 0 Å². The lowest BCUT2D eigenvalue weighted by Gasteiger charge is -2.34. The first kappa shape index (κ1) is 22.8. The van der Waals surface area contributed by atoms with Crippen LogP contribution >= 0.6 is 0 Å². The topological polar surface area (TPSA) is 39.5 Å². The molecule has 2 saturated heterocycles. The summed E-state index contributed by atoms with van der Waals surface area (Å²) in [6, 6.07) is 16.2. The molecule has 2 aliphatic heterocycles. The summed E-state index contributed by atoms with van der Waals surface area (Å²) >= 11 is 0. The van der Waals surface area contributed by atoms with Gasteiger partial charge in [-0.3, -0.25) is 9.80 Å². The average molecular weight is 436 g/mol. The number of hydrogen-bond acceptors (Lipinski definition) is 4. The zero-order valence-electron chi connectivity index (χ0n) is 19.3. The molecule has 2 fully saturated rings. The molecule has 2 aromatic rings. The van der Waals surface area contributed by atoms with E-state index in [9.17, 15) is 4.39 Å². The second kappa shape index (κ2) is 10.5. The molecule has 0 spiro atoms. The minimum atomic E-state index is -0.230. The average Bonchev–Trinajstić information content (AvgIpc) is 3.38. The maximum atomic E-state index is 13.0. The Morgan fingerprint density at radius 3 is 2.44 bits per heavy atom. The number of aryl methyl sites for hydroxylation is 1. The van der Waals surface area contributed by atoms with Gasteiger partial charge in [-0.1, -0.05) is 19.1 Å². The number of hydrogen-bond donors (Lipinski definition) is 0. The first-order valence-corrected chi connectivity index (χ1v) is 11.9. The van der Waals surface area contributed by atoms with Crippen molar-refractivity contribution in [1.29, 1.82) is 5.26 Å². The van der Waals surface area contributed by atoms with Gasteiger partial charge in [0.15, 0.2) is 0 Å². The molecule has 4 rings (SSSR count). The van der Waals surface area contributed by atoms with E-state index in [2.05, 4.69) is 34.9 Å². The van der Waals surface area contributed by atoms with Gasteiger partial charge in [0.2, 0.25) is 0 Å². The third kappa shape index (κ3) is 5.31. The molecule has 5 heteroatoms. The summed E-state index contributed by atoms with van der Waals surface area (Å²) in [6.07, 6.45) is 4.82. The molecular weight excluding hydrogens is 401 g/mol. The minimum absolute atomic E-state index is 0.230. The number of rotatable bonds is 10. The minimum Gasteiger partial charge on any atom is -0.492 e. The zero-order valence-corrected chi connectivity index (χ0v) is 19.3. The molecule has 32 heavy (non-hydrogen) atoms. The molecule has 0 N–H and O–H groups in total. The zero-order chi connectivity index (χ0) is 22.5. The largest absolute Gasteiger partial charge is 0.492 e. The lowest BCUT2D eigenvalue weighted by molar-refractivity contribution is 0.111. The van der Waals surface area contributed by atoms with Gasteiger partial charge in [0.05, 0.1) is 11.6 Å². The Kier molecular flexibility index (Phi) is 7.44. The van der Waals surface area contributed by atoms with Crippen LogP contribution in [0, 0.1) is 24.1 Å². The summed E-state index contributed by atoms with van der Waals surface area (Å²) in [7, 11) is 0. The maximum Gasteiger partial charge on any atom is 0.123 e. The predicted molar refractivity (Wildman–Crippen MR) is 125 cm³/mol. The smallest absolute Gasteiger partial charge is 0.123 e. The molecule has 170 valence electrons. The van der Waals surface area contributed by atoms with E-state index in [1.54, 1.807) is 12.1 Å². The molecule has 2 aromatic carbocycles. The molecule has 2 bridgehead atoms. The molecule has 0 saturated carbocycles.